The van der Waals surface area contributed by atoms with Crippen LogP contribution in [-0.2, 0) is 11.2 Å². The molecule has 4 heteroatoms. The summed E-state index contributed by atoms with van der Waals surface area (Å²) in [6, 6.07) is 7.86. The molecule has 0 spiro atoms. The highest BCUT2D eigenvalue weighted by molar-refractivity contribution is 7.98. The summed E-state index contributed by atoms with van der Waals surface area (Å²) in [7, 11) is 1.99. The minimum Gasteiger partial charge on any atom is -0.324 e. The molecule has 0 saturated heterocycles. The van der Waals surface area contributed by atoms with E-state index in [4.69, 9.17) is 0 Å². The van der Waals surface area contributed by atoms with E-state index >= 15 is 0 Å². The standard InChI is InChI=1S/C15H24N2OS/c1-5-13-8-6-7-9-14(13)16-15(18)12(2)17(3)10-11-19-4/h6-9,12H,5,10-11H2,1-4H3,(H,16,18). The lowest BCUT2D eigenvalue weighted by molar-refractivity contribution is -0.120. The van der Waals surface area contributed by atoms with Crippen LogP contribution in [0.4, 0.5) is 5.69 Å². The van der Waals surface area contributed by atoms with Crippen molar-refractivity contribution in [1.29, 1.82) is 0 Å². The van der Waals surface area contributed by atoms with Gasteiger partial charge in [0, 0.05) is 18.0 Å². The summed E-state index contributed by atoms with van der Waals surface area (Å²) in [6.07, 6.45) is 3.00. The molecule has 0 fully saturated rings. The average molecular weight is 280 g/mol. The molecule has 1 rings (SSSR count). The molecule has 0 aliphatic rings. The van der Waals surface area contributed by atoms with Gasteiger partial charge in [0.15, 0.2) is 0 Å². The quantitative estimate of drug-likeness (QED) is 0.833. The number of carbonyl (C=O) groups excluding carboxylic acids is 1. The molecule has 0 heterocycles. The Morgan fingerprint density at radius 2 is 2.11 bits per heavy atom. The highest BCUT2D eigenvalue weighted by Crippen LogP contribution is 2.16. The number of nitrogens with one attached hydrogen (secondary N) is 1. The van der Waals surface area contributed by atoms with E-state index < -0.39 is 0 Å². The first-order chi connectivity index (χ1) is 9.10. The molecule has 0 aromatic heterocycles. The number of nitrogens with zero attached hydrogens (tertiary/aromatic N) is 1. The lowest BCUT2D eigenvalue weighted by atomic mass is 10.1. The van der Waals surface area contributed by atoms with Crippen molar-refractivity contribution >= 4 is 23.4 Å². The maximum absolute atomic E-state index is 12.2. The van der Waals surface area contributed by atoms with Crippen molar-refractivity contribution in [2.45, 2.75) is 26.3 Å². The Morgan fingerprint density at radius 1 is 1.42 bits per heavy atom. The fourth-order valence-electron chi connectivity index (χ4n) is 1.82. The number of hydrogen-bond acceptors (Lipinski definition) is 3. The van der Waals surface area contributed by atoms with Gasteiger partial charge in [0.2, 0.25) is 5.91 Å². The number of likely N-dealkylation sites (N-methyl/N-ethyl adjacent to an activating group) is 1. The van der Waals surface area contributed by atoms with E-state index in [1.807, 2.05) is 32.2 Å². The Morgan fingerprint density at radius 3 is 2.74 bits per heavy atom. The number of aryl methyl sites for hydroxylation is 1. The van der Waals surface area contributed by atoms with Gasteiger partial charge in [0.25, 0.3) is 0 Å². The number of benzene rings is 1. The number of rotatable bonds is 7. The monoisotopic (exact) mass is 280 g/mol. The zero-order valence-corrected chi connectivity index (χ0v) is 13.1. The molecule has 0 bridgehead atoms. The zero-order chi connectivity index (χ0) is 14.3. The molecular weight excluding hydrogens is 256 g/mol. The number of amides is 1. The van der Waals surface area contributed by atoms with Gasteiger partial charge in [-0.25, -0.2) is 0 Å². The predicted octanol–water partition coefficient (Wildman–Crippen LogP) is 2.87. The summed E-state index contributed by atoms with van der Waals surface area (Å²) in [4.78, 5) is 14.3. The highest BCUT2D eigenvalue weighted by atomic mass is 32.2. The zero-order valence-electron chi connectivity index (χ0n) is 12.3. The van der Waals surface area contributed by atoms with Crippen molar-refractivity contribution in [2.75, 3.05) is 30.9 Å². The van der Waals surface area contributed by atoms with Crippen LogP contribution in [0, 0.1) is 0 Å². The van der Waals surface area contributed by atoms with E-state index in [0.717, 1.165) is 24.4 Å². The van der Waals surface area contributed by atoms with Crippen LogP contribution in [0.25, 0.3) is 0 Å². The molecule has 0 aliphatic heterocycles. The molecule has 1 atom stereocenters. The molecule has 3 nitrogen and oxygen atoms in total. The Kier molecular flexibility index (Phi) is 6.95. The fourth-order valence-corrected chi connectivity index (χ4v) is 2.29. The molecule has 1 N–H and O–H groups in total. The Hall–Kier alpha value is -1.000. The van der Waals surface area contributed by atoms with E-state index in [2.05, 4.69) is 29.5 Å². The van der Waals surface area contributed by atoms with E-state index in [9.17, 15) is 4.79 Å². The van der Waals surface area contributed by atoms with Crippen LogP contribution in [-0.4, -0.2) is 42.4 Å². The molecule has 1 unspecified atom stereocenters. The first-order valence-corrected chi connectivity index (χ1v) is 8.07. The Labute approximate surface area is 120 Å². The van der Waals surface area contributed by atoms with Gasteiger partial charge < -0.3 is 5.32 Å². The van der Waals surface area contributed by atoms with Crippen molar-refractivity contribution in [3.05, 3.63) is 29.8 Å². The molecule has 1 aromatic rings. The second kappa shape index (κ2) is 8.23. The summed E-state index contributed by atoms with van der Waals surface area (Å²) in [5.41, 5.74) is 2.11. The lowest BCUT2D eigenvalue weighted by Crippen LogP contribution is -2.40. The van der Waals surface area contributed by atoms with Crippen molar-refractivity contribution in [3.63, 3.8) is 0 Å². The molecule has 0 radical (unpaired) electrons. The summed E-state index contributed by atoms with van der Waals surface area (Å²) in [6.45, 7) is 4.97. The molecule has 0 saturated carbocycles. The fraction of sp³-hybridized carbons (Fsp3) is 0.533. The largest absolute Gasteiger partial charge is 0.324 e. The van der Waals surface area contributed by atoms with Crippen LogP contribution in [0.2, 0.25) is 0 Å². The van der Waals surface area contributed by atoms with E-state index in [-0.39, 0.29) is 11.9 Å². The topological polar surface area (TPSA) is 32.3 Å². The van der Waals surface area contributed by atoms with Crippen molar-refractivity contribution in [1.82, 2.24) is 4.90 Å². The normalized spacial score (nSPS) is 12.5. The van der Waals surface area contributed by atoms with Crippen LogP contribution in [0.3, 0.4) is 0 Å². The van der Waals surface area contributed by atoms with E-state index in [1.54, 1.807) is 11.8 Å². The van der Waals surface area contributed by atoms with Gasteiger partial charge in [-0.1, -0.05) is 25.1 Å². The second-order valence-corrected chi connectivity index (χ2v) is 5.63. The minimum atomic E-state index is -0.114. The SMILES string of the molecule is CCc1ccccc1NC(=O)C(C)N(C)CCSC. The third kappa shape index (κ3) is 4.88. The third-order valence-corrected chi connectivity index (χ3v) is 3.94. The highest BCUT2D eigenvalue weighted by Gasteiger charge is 2.18. The van der Waals surface area contributed by atoms with Crippen molar-refractivity contribution in [3.8, 4) is 0 Å². The molecule has 106 valence electrons. The Balaban J connectivity index is 2.63. The maximum Gasteiger partial charge on any atom is 0.241 e. The van der Waals surface area contributed by atoms with Crippen LogP contribution in [0.5, 0.6) is 0 Å². The Bertz CT molecular complexity index is 409. The summed E-state index contributed by atoms with van der Waals surface area (Å²) in [5, 5.41) is 3.03. The number of anilines is 1. The molecule has 0 aliphatic carbocycles. The first kappa shape index (κ1) is 16.1. The summed E-state index contributed by atoms with van der Waals surface area (Å²) < 4.78 is 0. The van der Waals surface area contributed by atoms with Gasteiger partial charge in [-0.05, 0) is 38.3 Å². The van der Waals surface area contributed by atoms with Gasteiger partial charge in [-0.15, -0.1) is 0 Å². The van der Waals surface area contributed by atoms with Gasteiger partial charge in [0.1, 0.15) is 0 Å². The number of hydrogen-bond donors (Lipinski definition) is 1. The predicted molar refractivity (Wildman–Crippen MR) is 84.9 cm³/mol. The smallest absolute Gasteiger partial charge is 0.241 e. The van der Waals surface area contributed by atoms with Crippen LogP contribution < -0.4 is 5.32 Å². The molecular formula is C15H24N2OS. The molecule has 19 heavy (non-hydrogen) atoms. The number of carbonyl (C=O) groups is 1. The van der Waals surface area contributed by atoms with Gasteiger partial charge in [-0.3, -0.25) is 9.69 Å². The van der Waals surface area contributed by atoms with Crippen LogP contribution in [0.15, 0.2) is 24.3 Å². The van der Waals surface area contributed by atoms with Crippen LogP contribution >= 0.6 is 11.8 Å². The number of para-hydroxylation sites is 1. The summed E-state index contributed by atoms with van der Waals surface area (Å²) >= 11 is 1.80. The lowest BCUT2D eigenvalue weighted by Gasteiger charge is -2.24. The van der Waals surface area contributed by atoms with Gasteiger partial charge in [-0.2, -0.15) is 11.8 Å². The average Bonchev–Trinajstić information content (AvgIpc) is 2.44. The summed E-state index contributed by atoms with van der Waals surface area (Å²) in [5.74, 6) is 1.10. The van der Waals surface area contributed by atoms with E-state index in [0.29, 0.717) is 0 Å². The van der Waals surface area contributed by atoms with Gasteiger partial charge >= 0.3 is 0 Å². The van der Waals surface area contributed by atoms with Gasteiger partial charge in [0.05, 0.1) is 6.04 Å². The first-order valence-electron chi connectivity index (χ1n) is 6.68. The second-order valence-electron chi connectivity index (χ2n) is 4.65. The van der Waals surface area contributed by atoms with Crippen molar-refractivity contribution < 1.29 is 4.79 Å². The molecule has 1 amide bonds. The molecule has 1 aromatic carbocycles. The number of thioether (sulfide) groups is 1. The van der Waals surface area contributed by atoms with Crippen molar-refractivity contribution in [2.24, 2.45) is 0 Å². The van der Waals surface area contributed by atoms with Crippen LogP contribution in [0.1, 0.15) is 19.4 Å². The van der Waals surface area contributed by atoms with E-state index in [1.165, 1.54) is 5.56 Å². The third-order valence-electron chi connectivity index (χ3n) is 3.34. The minimum absolute atomic E-state index is 0.0597. The maximum atomic E-state index is 12.2.